The lowest BCUT2D eigenvalue weighted by Crippen LogP contribution is -1.99. The molecule has 3 aromatic rings. The van der Waals surface area contributed by atoms with Crippen molar-refractivity contribution in [3.63, 3.8) is 0 Å². The number of rotatable bonds is 4. The van der Waals surface area contributed by atoms with Crippen molar-refractivity contribution in [2.75, 3.05) is 6.26 Å². The molecule has 2 nitrogen and oxygen atoms in total. The van der Waals surface area contributed by atoms with Crippen LogP contribution in [-0.2, 0) is 0 Å². The molecular formula is C20H20N2S. The van der Waals surface area contributed by atoms with Gasteiger partial charge in [-0.2, -0.15) is 0 Å². The Labute approximate surface area is 141 Å². The van der Waals surface area contributed by atoms with Crippen molar-refractivity contribution in [2.24, 2.45) is 4.99 Å². The molecule has 1 heterocycles. The van der Waals surface area contributed by atoms with Gasteiger partial charge in [-0.15, -0.1) is 11.8 Å². The molecule has 0 amide bonds. The van der Waals surface area contributed by atoms with Crippen LogP contribution in [0.1, 0.15) is 17.0 Å². The van der Waals surface area contributed by atoms with Gasteiger partial charge in [-0.3, -0.25) is 4.99 Å². The summed E-state index contributed by atoms with van der Waals surface area (Å²) in [5.74, 6) is 0. The molecule has 0 N–H and O–H groups in total. The second-order valence-corrected chi connectivity index (χ2v) is 6.28. The number of benzene rings is 2. The largest absolute Gasteiger partial charge is 0.318 e. The van der Waals surface area contributed by atoms with E-state index in [4.69, 9.17) is 4.99 Å². The Kier molecular flexibility index (Phi) is 4.68. The number of aromatic nitrogens is 1. The predicted molar refractivity (Wildman–Crippen MR) is 101 cm³/mol. The first-order valence-corrected chi connectivity index (χ1v) is 8.84. The minimum atomic E-state index is 1.02. The molecule has 3 rings (SSSR count). The van der Waals surface area contributed by atoms with Gasteiger partial charge < -0.3 is 4.57 Å². The van der Waals surface area contributed by atoms with Crippen LogP contribution < -0.4 is 0 Å². The quantitative estimate of drug-likeness (QED) is 0.454. The van der Waals surface area contributed by atoms with Gasteiger partial charge in [0.25, 0.3) is 0 Å². The molecule has 0 saturated heterocycles. The molecule has 0 aliphatic heterocycles. The maximum absolute atomic E-state index is 4.70. The zero-order valence-electron chi connectivity index (χ0n) is 13.7. The van der Waals surface area contributed by atoms with Crippen LogP contribution in [0.2, 0.25) is 0 Å². The normalized spacial score (nSPS) is 11.3. The zero-order chi connectivity index (χ0) is 16.2. The van der Waals surface area contributed by atoms with Crippen LogP contribution in [0.25, 0.3) is 5.69 Å². The van der Waals surface area contributed by atoms with Crippen LogP contribution in [0.5, 0.6) is 0 Å². The molecule has 1 aromatic heterocycles. The van der Waals surface area contributed by atoms with Crippen molar-refractivity contribution >= 4 is 23.7 Å². The first kappa shape index (κ1) is 15.6. The SMILES string of the molecule is CSc1ccccc1N=Cc1cc(C)n(-c2ccccc2)c1C. The smallest absolute Gasteiger partial charge is 0.0765 e. The van der Waals surface area contributed by atoms with Gasteiger partial charge in [0.15, 0.2) is 0 Å². The first-order chi connectivity index (χ1) is 11.2. The second kappa shape index (κ2) is 6.88. The topological polar surface area (TPSA) is 17.3 Å². The Morgan fingerprint density at radius 3 is 2.39 bits per heavy atom. The number of hydrogen-bond donors (Lipinski definition) is 0. The van der Waals surface area contributed by atoms with E-state index in [9.17, 15) is 0 Å². The van der Waals surface area contributed by atoms with E-state index in [-0.39, 0.29) is 0 Å². The van der Waals surface area contributed by atoms with Crippen molar-refractivity contribution in [3.05, 3.63) is 77.6 Å². The fraction of sp³-hybridized carbons (Fsp3) is 0.150. The summed E-state index contributed by atoms with van der Waals surface area (Å²) < 4.78 is 2.27. The van der Waals surface area contributed by atoms with Gasteiger partial charge in [0.1, 0.15) is 0 Å². The minimum absolute atomic E-state index is 1.02. The average Bonchev–Trinajstić information content (AvgIpc) is 2.87. The molecule has 0 fully saturated rings. The molecular weight excluding hydrogens is 300 g/mol. The van der Waals surface area contributed by atoms with E-state index >= 15 is 0 Å². The molecule has 0 saturated carbocycles. The third-order valence-electron chi connectivity index (χ3n) is 3.91. The van der Waals surface area contributed by atoms with Crippen molar-refractivity contribution in [1.82, 2.24) is 4.57 Å². The lowest BCUT2D eigenvalue weighted by Gasteiger charge is -2.09. The Morgan fingerprint density at radius 1 is 0.957 bits per heavy atom. The van der Waals surface area contributed by atoms with E-state index in [1.165, 1.54) is 22.0 Å². The summed E-state index contributed by atoms with van der Waals surface area (Å²) in [6.07, 6.45) is 4.05. The third kappa shape index (κ3) is 3.25. The maximum Gasteiger partial charge on any atom is 0.0765 e. The fourth-order valence-electron chi connectivity index (χ4n) is 2.77. The number of nitrogens with zero attached hydrogens (tertiary/aromatic N) is 2. The van der Waals surface area contributed by atoms with E-state index < -0.39 is 0 Å². The van der Waals surface area contributed by atoms with E-state index in [2.05, 4.69) is 67.1 Å². The molecule has 3 heteroatoms. The highest BCUT2D eigenvalue weighted by Crippen LogP contribution is 2.27. The summed E-state index contributed by atoms with van der Waals surface area (Å²) in [6.45, 7) is 4.27. The summed E-state index contributed by atoms with van der Waals surface area (Å²) in [7, 11) is 0. The molecule has 116 valence electrons. The van der Waals surface area contributed by atoms with Gasteiger partial charge in [0, 0.05) is 33.7 Å². The number of aryl methyl sites for hydroxylation is 1. The second-order valence-electron chi connectivity index (χ2n) is 5.43. The van der Waals surface area contributed by atoms with E-state index in [1.54, 1.807) is 11.8 Å². The molecule has 23 heavy (non-hydrogen) atoms. The summed E-state index contributed by atoms with van der Waals surface area (Å²) in [6, 6.07) is 20.9. The van der Waals surface area contributed by atoms with Gasteiger partial charge in [-0.05, 0) is 50.4 Å². The Bertz CT molecular complexity index is 832. The molecule has 0 aliphatic carbocycles. The van der Waals surface area contributed by atoms with Crippen molar-refractivity contribution in [1.29, 1.82) is 0 Å². The molecule has 0 radical (unpaired) electrons. The first-order valence-electron chi connectivity index (χ1n) is 7.62. The van der Waals surface area contributed by atoms with Crippen LogP contribution in [0, 0.1) is 13.8 Å². The van der Waals surface area contributed by atoms with E-state index in [1.807, 2.05) is 24.4 Å². The zero-order valence-corrected chi connectivity index (χ0v) is 14.5. The van der Waals surface area contributed by atoms with Crippen LogP contribution in [0.3, 0.4) is 0 Å². The highest BCUT2D eigenvalue weighted by Gasteiger charge is 2.09. The van der Waals surface area contributed by atoms with Gasteiger partial charge in [0.05, 0.1) is 5.69 Å². The Morgan fingerprint density at radius 2 is 1.65 bits per heavy atom. The van der Waals surface area contributed by atoms with Gasteiger partial charge in [0.2, 0.25) is 0 Å². The number of aliphatic imine (C=N–C) groups is 1. The van der Waals surface area contributed by atoms with E-state index in [0.29, 0.717) is 0 Å². The Hall–Kier alpha value is -2.26. The molecule has 0 aliphatic rings. The molecule has 0 unspecified atom stereocenters. The summed E-state index contributed by atoms with van der Waals surface area (Å²) in [4.78, 5) is 5.89. The minimum Gasteiger partial charge on any atom is -0.318 e. The summed E-state index contributed by atoms with van der Waals surface area (Å²) in [5.41, 5.74) is 5.78. The number of hydrogen-bond acceptors (Lipinski definition) is 2. The predicted octanol–water partition coefficient (Wildman–Crippen LogP) is 5.57. The van der Waals surface area contributed by atoms with Crippen LogP contribution in [0.4, 0.5) is 5.69 Å². The highest BCUT2D eigenvalue weighted by molar-refractivity contribution is 7.98. The maximum atomic E-state index is 4.70. The number of para-hydroxylation sites is 2. The van der Waals surface area contributed by atoms with E-state index in [0.717, 1.165) is 11.3 Å². The highest BCUT2D eigenvalue weighted by atomic mass is 32.2. The van der Waals surface area contributed by atoms with Crippen molar-refractivity contribution < 1.29 is 0 Å². The van der Waals surface area contributed by atoms with Gasteiger partial charge in [-0.1, -0.05) is 30.3 Å². The Balaban J connectivity index is 1.98. The van der Waals surface area contributed by atoms with Crippen LogP contribution in [-0.4, -0.2) is 17.0 Å². The molecule has 2 aromatic carbocycles. The molecule has 0 atom stereocenters. The summed E-state index contributed by atoms with van der Waals surface area (Å²) >= 11 is 1.72. The molecule has 0 bridgehead atoms. The average molecular weight is 320 g/mol. The van der Waals surface area contributed by atoms with Gasteiger partial charge >= 0.3 is 0 Å². The van der Waals surface area contributed by atoms with Crippen LogP contribution in [0.15, 0.2) is 70.6 Å². The lowest BCUT2D eigenvalue weighted by atomic mass is 10.2. The van der Waals surface area contributed by atoms with Crippen molar-refractivity contribution in [3.8, 4) is 5.69 Å². The standard InChI is InChI=1S/C20H20N2S/c1-15-13-17(14-21-19-11-7-8-12-20(19)23-3)16(2)22(15)18-9-5-4-6-10-18/h4-14H,1-3H3. The monoisotopic (exact) mass is 320 g/mol. The van der Waals surface area contributed by atoms with Gasteiger partial charge in [-0.25, -0.2) is 0 Å². The third-order valence-corrected chi connectivity index (χ3v) is 4.70. The fourth-order valence-corrected chi connectivity index (χ4v) is 3.31. The molecule has 0 spiro atoms. The summed E-state index contributed by atoms with van der Waals surface area (Å²) in [5, 5.41) is 0. The van der Waals surface area contributed by atoms with Crippen molar-refractivity contribution in [2.45, 2.75) is 18.7 Å². The number of thioether (sulfide) groups is 1. The lowest BCUT2D eigenvalue weighted by molar-refractivity contribution is 0.965. The van der Waals surface area contributed by atoms with Crippen LogP contribution >= 0.6 is 11.8 Å².